The predicted octanol–water partition coefficient (Wildman–Crippen LogP) is 3.57. The summed E-state index contributed by atoms with van der Waals surface area (Å²) in [6, 6.07) is 9.02. The molecular weight excluding hydrogens is 482 g/mol. The number of nitrogens with one attached hydrogen (secondary N) is 1. The molecule has 1 saturated carbocycles. The standard InChI is InChI=1S/C25H29N5O5S/c1-14-11-12-18(35-14)21(24(32)28-15-7-4-3-5-8-15)30(16-9-6-10-17(13-16)34-2)25(33)22-19(26)20(23(27)31)29-36-22/h6,9-13,15,21H,3-5,7-8,26H2,1-2H3,(H2,27,31)(H,28,32)/t21-/m0/s1. The highest BCUT2D eigenvalue weighted by atomic mass is 32.1. The minimum absolute atomic E-state index is 0.00186. The number of primary amides is 1. The van der Waals surface area contributed by atoms with Crippen LogP contribution in [0.1, 0.15) is 69.8 Å². The van der Waals surface area contributed by atoms with Crippen molar-refractivity contribution in [3.8, 4) is 5.75 Å². The van der Waals surface area contributed by atoms with Gasteiger partial charge < -0.3 is 25.9 Å². The third-order valence-electron chi connectivity index (χ3n) is 6.19. The summed E-state index contributed by atoms with van der Waals surface area (Å²) in [5.41, 5.74) is 11.5. The second-order valence-electron chi connectivity index (χ2n) is 8.71. The molecule has 5 N–H and O–H groups in total. The van der Waals surface area contributed by atoms with Gasteiger partial charge in [-0.15, -0.1) is 0 Å². The summed E-state index contributed by atoms with van der Waals surface area (Å²) < 4.78 is 15.2. The number of rotatable bonds is 8. The zero-order valence-corrected chi connectivity index (χ0v) is 21.0. The van der Waals surface area contributed by atoms with Gasteiger partial charge in [-0.25, -0.2) is 0 Å². The molecule has 1 fully saturated rings. The van der Waals surface area contributed by atoms with Gasteiger partial charge in [-0.3, -0.25) is 19.3 Å². The van der Waals surface area contributed by atoms with Crippen molar-refractivity contribution in [1.82, 2.24) is 9.69 Å². The molecule has 0 aliphatic heterocycles. The molecule has 11 heteroatoms. The minimum atomic E-state index is -1.15. The Kier molecular flexibility index (Phi) is 7.58. The molecule has 1 aliphatic rings. The maximum Gasteiger partial charge on any atom is 0.273 e. The van der Waals surface area contributed by atoms with Crippen molar-refractivity contribution in [3.63, 3.8) is 0 Å². The van der Waals surface area contributed by atoms with Crippen molar-refractivity contribution in [2.75, 3.05) is 17.7 Å². The summed E-state index contributed by atoms with van der Waals surface area (Å²) in [5.74, 6) is -0.484. The van der Waals surface area contributed by atoms with E-state index < -0.39 is 17.9 Å². The van der Waals surface area contributed by atoms with Crippen LogP contribution in [0.4, 0.5) is 11.4 Å². The number of carbonyl (C=O) groups is 3. The third kappa shape index (κ3) is 5.20. The molecule has 0 unspecified atom stereocenters. The number of aromatic nitrogens is 1. The molecule has 0 saturated heterocycles. The van der Waals surface area contributed by atoms with Crippen LogP contribution >= 0.6 is 11.5 Å². The number of benzene rings is 1. The number of amides is 3. The Bertz CT molecular complexity index is 1260. The molecule has 1 atom stereocenters. The van der Waals surface area contributed by atoms with E-state index in [4.69, 9.17) is 20.6 Å². The average Bonchev–Trinajstić information content (AvgIpc) is 3.47. The monoisotopic (exact) mass is 511 g/mol. The molecule has 2 aromatic heterocycles. The third-order valence-corrected chi connectivity index (χ3v) is 7.05. The molecule has 1 aromatic carbocycles. The molecule has 0 bridgehead atoms. The largest absolute Gasteiger partial charge is 0.497 e. The molecule has 2 heterocycles. The highest BCUT2D eigenvalue weighted by Crippen LogP contribution is 2.35. The van der Waals surface area contributed by atoms with Gasteiger partial charge in [0, 0.05) is 17.8 Å². The molecule has 1 aliphatic carbocycles. The summed E-state index contributed by atoms with van der Waals surface area (Å²) in [5, 5.41) is 3.11. The molecule has 0 radical (unpaired) electrons. The number of nitrogens with zero attached hydrogens (tertiary/aromatic N) is 2. The minimum Gasteiger partial charge on any atom is -0.497 e. The van der Waals surface area contributed by atoms with Gasteiger partial charge in [0.15, 0.2) is 11.7 Å². The Morgan fingerprint density at radius 3 is 2.56 bits per heavy atom. The van der Waals surface area contributed by atoms with Gasteiger partial charge in [0.1, 0.15) is 22.1 Å². The van der Waals surface area contributed by atoms with Crippen LogP contribution in [0.3, 0.4) is 0 Å². The number of hydrogen-bond acceptors (Lipinski definition) is 8. The zero-order chi connectivity index (χ0) is 25.8. The number of ether oxygens (including phenoxy) is 1. The van der Waals surface area contributed by atoms with E-state index in [-0.39, 0.29) is 34.0 Å². The average molecular weight is 512 g/mol. The molecule has 3 aromatic rings. The van der Waals surface area contributed by atoms with Crippen LogP contribution in [0.2, 0.25) is 0 Å². The summed E-state index contributed by atoms with van der Waals surface area (Å²) in [6.45, 7) is 1.76. The molecule has 10 nitrogen and oxygen atoms in total. The molecule has 0 spiro atoms. The van der Waals surface area contributed by atoms with Crippen molar-refractivity contribution in [3.05, 3.63) is 58.5 Å². The first-order chi connectivity index (χ1) is 17.3. The molecule has 4 rings (SSSR count). The lowest BCUT2D eigenvalue weighted by Crippen LogP contribution is -2.47. The maximum absolute atomic E-state index is 14.0. The molecular formula is C25H29N5O5S. The van der Waals surface area contributed by atoms with Gasteiger partial charge >= 0.3 is 0 Å². The first-order valence-corrected chi connectivity index (χ1v) is 12.5. The second kappa shape index (κ2) is 10.8. The summed E-state index contributed by atoms with van der Waals surface area (Å²) in [4.78, 5) is 40.9. The lowest BCUT2D eigenvalue weighted by atomic mass is 9.95. The predicted molar refractivity (Wildman–Crippen MR) is 136 cm³/mol. The van der Waals surface area contributed by atoms with E-state index in [1.807, 2.05) is 0 Å². The van der Waals surface area contributed by atoms with Crippen molar-refractivity contribution in [1.29, 1.82) is 0 Å². The zero-order valence-electron chi connectivity index (χ0n) is 20.2. The Labute approximate surface area is 212 Å². The van der Waals surface area contributed by atoms with E-state index in [9.17, 15) is 14.4 Å². The van der Waals surface area contributed by atoms with Crippen LogP contribution < -0.4 is 26.4 Å². The Balaban J connectivity index is 1.83. The van der Waals surface area contributed by atoms with Crippen LogP contribution in [0.25, 0.3) is 0 Å². The summed E-state index contributed by atoms with van der Waals surface area (Å²) >= 11 is 0.750. The fourth-order valence-corrected chi connectivity index (χ4v) is 5.13. The van der Waals surface area contributed by atoms with E-state index >= 15 is 0 Å². The fourth-order valence-electron chi connectivity index (χ4n) is 4.38. The van der Waals surface area contributed by atoms with E-state index in [1.165, 1.54) is 12.0 Å². The first kappa shape index (κ1) is 25.2. The highest BCUT2D eigenvalue weighted by molar-refractivity contribution is 7.09. The number of furan rings is 1. The van der Waals surface area contributed by atoms with Gasteiger partial charge in [0.2, 0.25) is 0 Å². The van der Waals surface area contributed by atoms with Crippen LogP contribution in [-0.2, 0) is 4.79 Å². The van der Waals surface area contributed by atoms with Gasteiger partial charge in [-0.05, 0) is 55.6 Å². The highest BCUT2D eigenvalue weighted by Gasteiger charge is 2.38. The molecule has 190 valence electrons. The lowest BCUT2D eigenvalue weighted by molar-refractivity contribution is -0.123. The number of aryl methyl sites for hydroxylation is 1. The van der Waals surface area contributed by atoms with Gasteiger partial charge in [-0.2, -0.15) is 4.37 Å². The van der Waals surface area contributed by atoms with Crippen molar-refractivity contribution in [2.45, 2.75) is 51.1 Å². The first-order valence-electron chi connectivity index (χ1n) is 11.7. The summed E-state index contributed by atoms with van der Waals surface area (Å²) in [6.07, 6.45) is 4.93. The van der Waals surface area contributed by atoms with Crippen LogP contribution in [-0.4, -0.2) is 35.2 Å². The normalized spacial score (nSPS) is 14.7. The smallest absolute Gasteiger partial charge is 0.273 e. The van der Waals surface area contributed by atoms with Crippen LogP contribution in [0, 0.1) is 6.92 Å². The number of nitrogen functional groups attached to an aromatic ring is 1. The van der Waals surface area contributed by atoms with Gasteiger partial charge in [0.05, 0.1) is 12.8 Å². The lowest BCUT2D eigenvalue weighted by Gasteiger charge is -2.32. The van der Waals surface area contributed by atoms with E-state index in [1.54, 1.807) is 43.3 Å². The molecule has 36 heavy (non-hydrogen) atoms. The topological polar surface area (TPSA) is 154 Å². The quantitative estimate of drug-likeness (QED) is 0.418. The van der Waals surface area contributed by atoms with E-state index in [2.05, 4.69) is 9.69 Å². The Hall–Kier alpha value is -3.86. The van der Waals surface area contributed by atoms with Crippen molar-refractivity contribution >= 4 is 40.6 Å². The number of carbonyl (C=O) groups excluding carboxylic acids is 3. The second-order valence-corrected chi connectivity index (χ2v) is 9.48. The van der Waals surface area contributed by atoms with Crippen LogP contribution in [0.15, 0.2) is 40.8 Å². The number of anilines is 2. The van der Waals surface area contributed by atoms with Crippen LogP contribution in [0.5, 0.6) is 5.75 Å². The van der Waals surface area contributed by atoms with Crippen molar-refractivity contribution in [2.24, 2.45) is 5.73 Å². The van der Waals surface area contributed by atoms with E-state index in [0.717, 1.165) is 43.6 Å². The number of hydrogen-bond donors (Lipinski definition) is 3. The van der Waals surface area contributed by atoms with Crippen molar-refractivity contribution < 1.29 is 23.5 Å². The SMILES string of the molecule is COc1cccc(N(C(=O)c2snc(C(N)=O)c2N)[C@H](C(=O)NC2CCCCC2)c2ccc(C)o2)c1. The maximum atomic E-state index is 14.0. The number of nitrogens with two attached hydrogens (primary N) is 2. The summed E-state index contributed by atoms with van der Waals surface area (Å²) in [7, 11) is 1.51. The van der Waals surface area contributed by atoms with Gasteiger partial charge in [-0.1, -0.05) is 25.3 Å². The molecule has 3 amide bonds. The fraction of sp³-hybridized carbons (Fsp3) is 0.360. The Morgan fingerprint density at radius 2 is 1.94 bits per heavy atom. The number of methoxy groups -OCH3 is 1. The van der Waals surface area contributed by atoms with Gasteiger partial charge in [0.25, 0.3) is 17.7 Å². The van der Waals surface area contributed by atoms with E-state index in [0.29, 0.717) is 17.2 Å². The Morgan fingerprint density at radius 1 is 1.19 bits per heavy atom.